The number of para-hydroxylation sites is 2. The summed E-state index contributed by atoms with van der Waals surface area (Å²) in [5.41, 5.74) is 8.83. The molecule has 206 valence electrons. The number of fused-ring (bicyclic) bond motifs is 9. The number of nitriles is 3. The van der Waals surface area contributed by atoms with Crippen LogP contribution in [-0.2, 0) is 0 Å². The molecular formula is C39H19N5O. The number of benzene rings is 6. The van der Waals surface area contributed by atoms with Crippen molar-refractivity contribution in [3.05, 3.63) is 132 Å². The molecule has 0 unspecified atom stereocenters. The fraction of sp³-hybridized carbons (Fsp3) is 0. The molecule has 6 nitrogen and oxygen atoms in total. The highest BCUT2D eigenvalue weighted by Gasteiger charge is 2.22. The molecule has 0 aliphatic heterocycles. The van der Waals surface area contributed by atoms with Crippen LogP contribution in [0.3, 0.4) is 0 Å². The molecule has 0 atom stereocenters. The lowest BCUT2D eigenvalue weighted by Crippen LogP contribution is -1.99. The van der Waals surface area contributed by atoms with E-state index in [0.29, 0.717) is 27.9 Å². The normalized spacial score (nSPS) is 11.5. The molecule has 9 aromatic rings. The Labute approximate surface area is 256 Å². The molecule has 0 N–H and O–H groups in total. The fourth-order valence-electron chi connectivity index (χ4n) is 6.83. The topological polar surface area (TPSA) is 94.4 Å². The van der Waals surface area contributed by atoms with E-state index >= 15 is 0 Å². The second-order valence-electron chi connectivity index (χ2n) is 11.2. The first-order valence-electron chi connectivity index (χ1n) is 14.4. The summed E-state index contributed by atoms with van der Waals surface area (Å²) in [6.45, 7) is 0. The average Bonchev–Trinajstić information content (AvgIpc) is 3.74. The Balaban J connectivity index is 1.48. The predicted octanol–water partition coefficient (Wildman–Crippen LogP) is 9.40. The third-order valence-electron chi connectivity index (χ3n) is 8.77. The monoisotopic (exact) mass is 573 g/mol. The van der Waals surface area contributed by atoms with E-state index in [0.717, 1.165) is 65.8 Å². The van der Waals surface area contributed by atoms with Gasteiger partial charge in [-0.25, -0.2) is 0 Å². The number of hydrogen-bond acceptors (Lipinski definition) is 4. The van der Waals surface area contributed by atoms with Crippen LogP contribution in [-0.4, -0.2) is 9.13 Å². The molecule has 45 heavy (non-hydrogen) atoms. The Morgan fingerprint density at radius 3 is 1.58 bits per heavy atom. The molecule has 0 bridgehead atoms. The summed E-state index contributed by atoms with van der Waals surface area (Å²) in [7, 11) is 0. The van der Waals surface area contributed by atoms with Gasteiger partial charge in [-0.2, -0.15) is 15.8 Å². The summed E-state index contributed by atoms with van der Waals surface area (Å²) < 4.78 is 11.0. The fourth-order valence-corrected chi connectivity index (χ4v) is 6.83. The van der Waals surface area contributed by atoms with Crippen molar-refractivity contribution in [2.24, 2.45) is 0 Å². The molecule has 0 radical (unpaired) electrons. The second-order valence-corrected chi connectivity index (χ2v) is 11.2. The SMILES string of the molecule is N#Cc1ccc2oc3c(-n4c5ccccc5c5cc(C#N)ccc54)cc(-n4c5ccccc5c5cc(C#N)ccc54)cc3c2c1. The van der Waals surface area contributed by atoms with Gasteiger partial charge in [0.05, 0.1) is 62.7 Å². The minimum Gasteiger partial charge on any atom is -0.454 e. The first-order chi connectivity index (χ1) is 22.2. The van der Waals surface area contributed by atoms with Crippen LogP contribution in [0.4, 0.5) is 0 Å². The zero-order chi connectivity index (χ0) is 30.2. The van der Waals surface area contributed by atoms with Crippen molar-refractivity contribution in [1.29, 1.82) is 15.8 Å². The van der Waals surface area contributed by atoms with Crippen LogP contribution in [0, 0.1) is 34.0 Å². The van der Waals surface area contributed by atoms with Gasteiger partial charge in [0.2, 0.25) is 0 Å². The third-order valence-corrected chi connectivity index (χ3v) is 8.77. The van der Waals surface area contributed by atoms with Gasteiger partial charge in [-0.3, -0.25) is 0 Å². The van der Waals surface area contributed by atoms with Gasteiger partial charge in [0, 0.05) is 38.0 Å². The van der Waals surface area contributed by atoms with E-state index in [4.69, 9.17) is 4.42 Å². The summed E-state index contributed by atoms with van der Waals surface area (Å²) >= 11 is 0. The van der Waals surface area contributed by atoms with Gasteiger partial charge in [0.25, 0.3) is 0 Å². The van der Waals surface area contributed by atoms with E-state index in [1.807, 2.05) is 72.8 Å². The highest BCUT2D eigenvalue weighted by atomic mass is 16.3. The van der Waals surface area contributed by atoms with Gasteiger partial charge >= 0.3 is 0 Å². The lowest BCUT2D eigenvalue weighted by atomic mass is 10.1. The average molecular weight is 574 g/mol. The van der Waals surface area contributed by atoms with E-state index in [9.17, 15) is 15.8 Å². The number of rotatable bonds is 2. The van der Waals surface area contributed by atoms with E-state index in [-0.39, 0.29) is 0 Å². The number of aromatic nitrogens is 2. The van der Waals surface area contributed by atoms with Crippen LogP contribution in [0.5, 0.6) is 0 Å². The molecule has 0 spiro atoms. The van der Waals surface area contributed by atoms with Crippen molar-refractivity contribution < 1.29 is 4.42 Å². The molecule has 9 rings (SSSR count). The van der Waals surface area contributed by atoms with Gasteiger partial charge in [0.1, 0.15) is 5.58 Å². The van der Waals surface area contributed by atoms with E-state index < -0.39 is 0 Å². The smallest absolute Gasteiger partial charge is 0.159 e. The Morgan fingerprint density at radius 2 is 0.956 bits per heavy atom. The maximum Gasteiger partial charge on any atom is 0.159 e. The molecule has 0 amide bonds. The van der Waals surface area contributed by atoms with Crippen molar-refractivity contribution >= 4 is 65.6 Å². The van der Waals surface area contributed by atoms with Crippen LogP contribution in [0.1, 0.15) is 16.7 Å². The number of hydrogen-bond donors (Lipinski definition) is 0. The van der Waals surface area contributed by atoms with Crippen LogP contribution in [0.2, 0.25) is 0 Å². The molecule has 0 fully saturated rings. The zero-order valence-corrected chi connectivity index (χ0v) is 23.6. The standard InChI is InChI=1S/C39H19N5O/c40-20-23-9-12-35-29(15-23)27-5-1-3-7-33(27)43(35)26-18-32-31-17-25(22-42)11-14-38(31)45-39(32)37(19-26)44-34-8-4-2-6-28(34)30-16-24(21-41)10-13-36(30)44/h1-19H. The predicted molar refractivity (Wildman–Crippen MR) is 177 cm³/mol. The molecule has 6 aromatic carbocycles. The van der Waals surface area contributed by atoms with Crippen molar-refractivity contribution in [2.75, 3.05) is 0 Å². The zero-order valence-electron chi connectivity index (χ0n) is 23.6. The molecule has 0 aliphatic rings. The van der Waals surface area contributed by atoms with Gasteiger partial charge < -0.3 is 13.6 Å². The first kappa shape index (κ1) is 24.8. The maximum atomic E-state index is 9.74. The molecular weight excluding hydrogens is 554 g/mol. The highest BCUT2D eigenvalue weighted by molar-refractivity contribution is 6.15. The molecule has 0 saturated heterocycles. The van der Waals surface area contributed by atoms with Gasteiger partial charge in [0.15, 0.2) is 5.58 Å². The lowest BCUT2D eigenvalue weighted by molar-refractivity contribution is 0.666. The molecule has 3 heterocycles. The Morgan fingerprint density at radius 1 is 0.444 bits per heavy atom. The first-order valence-corrected chi connectivity index (χ1v) is 14.4. The van der Waals surface area contributed by atoms with E-state index in [1.54, 1.807) is 6.07 Å². The summed E-state index contributed by atoms with van der Waals surface area (Å²) in [6, 6.07) is 44.6. The van der Waals surface area contributed by atoms with Crippen molar-refractivity contribution in [1.82, 2.24) is 9.13 Å². The van der Waals surface area contributed by atoms with Crippen LogP contribution in [0.15, 0.2) is 120 Å². The Kier molecular flexibility index (Phi) is 5.00. The highest BCUT2D eigenvalue weighted by Crippen LogP contribution is 2.41. The quantitative estimate of drug-likeness (QED) is 0.206. The van der Waals surface area contributed by atoms with Gasteiger partial charge in [-0.15, -0.1) is 0 Å². The number of furan rings is 1. The van der Waals surface area contributed by atoms with Crippen molar-refractivity contribution in [3.63, 3.8) is 0 Å². The lowest BCUT2D eigenvalue weighted by Gasteiger charge is -2.14. The van der Waals surface area contributed by atoms with E-state index in [1.165, 1.54) is 0 Å². The summed E-state index contributed by atoms with van der Waals surface area (Å²) in [5.74, 6) is 0. The van der Waals surface area contributed by atoms with Gasteiger partial charge in [-0.1, -0.05) is 36.4 Å². The largest absolute Gasteiger partial charge is 0.454 e. The van der Waals surface area contributed by atoms with Crippen molar-refractivity contribution in [3.8, 4) is 29.6 Å². The van der Waals surface area contributed by atoms with Crippen molar-refractivity contribution in [2.45, 2.75) is 0 Å². The number of nitrogens with zero attached hydrogens (tertiary/aromatic N) is 5. The van der Waals surface area contributed by atoms with Crippen LogP contribution < -0.4 is 0 Å². The van der Waals surface area contributed by atoms with Crippen LogP contribution in [0.25, 0.3) is 76.9 Å². The summed E-state index contributed by atoms with van der Waals surface area (Å²) in [5, 5.41) is 34.9. The second kappa shape index (κ2) is 9.09. The summed E-state index contributed by atoms with van der Waals surface area (Å²) in [4.78, 5) is 0. The Bertz CT molecular complexity index is 2860. The minimum atomic E-state index is 0.555. The van der Waals surface area contributed by atoms with Crippen LogP contribution >= 0.6 is 0 Å². The molecule has 3 aromatic heterocycles. The molecule has 6 heteroatoms. The maximum absolute atomic E-state index is 9.74. The summed E-state index contributed by atoms with van der Waals surface area (Å²) in [6.07, 6.45) is 0. The molecule has 0 saturated carbocycles. The van der Waals surface area contributed by atoms with Gasteiger partial charge in [-0.05, 0) is 78.9 Å². The van der Waals surface area contributed by atoms with E-state index in [2.05, 4.69) is 63.7 Å². The molecule has 0 aliphatic carbocycles. The minimum absolute atomic E-state index is 0.555. The Hall–Kier alpha value is -6.81. The third kappa shape index (κ3) is 3.41.